The summed E-state index contributed by atoms with van der Waals surface area (Å²) in [4.78, 5) is 9.55. The van der Waals surface area contributed by atoms with E-state index in [2.05, 4.69) is 94.4 Å². The lowest BCUT2D eigenvalue weighted by molar-refractivity contribution is 0.837. The van der Waals surface area contributed by atoms with Gasteiger partial charge in [-0.25, -0.2) is 9.97 Å². The zero-order chi connectivity index (χ0) is 26.7. The fourth-order valence-electron chi connectivity index (χ4n) is 5.39. The predicted octanol–water partition coefficient (Wildman–Crippen LogP) is 8.24. The van der Waals surface area contributed by atoms with Crippen LogP contribution in [0.3, 0.4) is 0 Å². The topological polar surface area (TPSA) is 74.6 Å². The molecule has 2 aromatic heterocycles. The zero-order valence-corrected chi connectivity index (χ0v) is 23.6. The van der Waals surface area contributed by atoms with Crippen LogP contribution in [0.15, 0.2) is 93.8 Å². The first-order valence-corrected chi connectivity index (χ1v) is 15.4. The van der Waals surface area contributed by atoms with E-state index >= 15 is 0 Å². The van der Waals surface area contributed by atoms with Crippen molar-refractivity contribution in [1.29, 1.82) is 0 Å². The van der Waals surface area contributed by atoms with Gasteiger partial charge in [0.05, 0.1) is 22.8 Å². The highest BCUT2D eigenvalue weighted by Gasteiger charge is 2.16. The Hall–Kier alpha value is -4.14. The number of nitrogens with zero attached hydrogens (tertiary/aromatic N) is 4. The number of nitrogens with one attached hydrogen (secondary N) is 2. The molecule has 2 N–H and O–H groups in total. The van der Waals surface area contributed by atoms with E-state index in [1.165, 1.54) is 22.3 Å². The smallest absolute Gasteiger partial charge is 0.203 e. The summed E-state index contributed by atoms with van der Waals surface area (Å²) in [5, 5.41) is 15.1. The van der Waals surface area contributed by atoms with Crippen LogP contribution in [0.2, 0.25) is 0 Å². The molecule has 0 bridgehead atoms. The summed E-state index contributed by atoms with van der Waals surface area (Å²) >= 11 is 3.14. The lowest BCUT2D eigenvalue weighted by atomic mass is 9.90. The Balaban J connectivity index is 1.02. The van der Waals surface area contributed by atoms with Gasteiger partial charge in [0.1, 0.15) is 0 Å². The van der Waals surface area contributed by atoms with Crippen LogP contribution in [0.4, 0.5) is 10.3 Å². The third-order valence-electron chi connectivity index (χ3n) is 7.43. The molecule has 198 valence electrons. The molecule has 2 heterocycles. The number of hydrogen-bond donors (Lipinski definition) is 2. The lowest BCUT2D eigenvalue weighted by Gasteiger charge is -2.17. The first kappa shape index (κ1) is 24.9. The molecule has 8 heteroatoms. The van der Waals surface area contributed by atoms with Crippen molar-refractivity contribution in [1.82, 2.24) is 9.97 Å². The molecule has 0 spiro atoms. The molecule has 0 radical (unpaired) electrons. The monoisotopic (exact) mass is 560 g/mol. The number of aromatic nitrogens is 2. The van der Waals surface area contributed by atoms with E-state index < -0.39 is 0 Å². The molecule has 6 nitrogen and oxygen atoms in total. The summed E-state index contributed by atoms with van der Waals surface area (Å²) in [5.41, 5.74) is 17.9. The number of fused-ring (bicyclic) bond motifs is 2. The number of benzene rings is 3. The predicted molar refractivity (Wildman–Crippen MR) is 168 cm³/mol. The maximum atomic E-state index is 4.77. The summed E-state index contributed by atoms with van der Waals surface area (Å²) in [6.45, 7) is 0. The highest BCUT2D eigenvalue weighted by atomic mass is 32.1. The quantitative estimate of drug-likeness (QED) is 0.205. The summed E-state index contributed by atoms with van der Waals surface area (Å²) in [6, 6.07) is 25.5. The third kappa shape index (κ3) is 5.20. The van der Waals surface area contributed by atoms with E-state index in [9.17, 15) is 0 Å². The molecule has 2 aliphatic rings. The summed E-state index contributed by atoms with van der Waals surface area (Å²) in [5.74, 6) is 0. The Morgan fingerprint density at radius 3 is 1.48 bits per heavy atom. The Morgan fingerprint density at radius 1 is 0.550 bits per heavy atom. The van der Waals surface area contributed by atoms with Gasteiger partial charge in [-0.15, -0.1) is 22.7 Å². The van der Waals surface area contributed by atoms with Gasteiger partial charge in [0.25, 0.3) is 0 Å². The van der Waals surface area contributed by atoms with Crippen molar-refractivity contribution in [3.8, 4) is 22.5 Å². The minimum absolute atomic E-state index is 0.798. The summed E-state index contributed by atoms with van der Waals surface area (Å²) in [7, 11) is 0. The average Bonchev–Trinajstić information content (AvgIpc) is 3.69. The van der Waals surface area contributed by atoms with Crippen LogP contribution >= 0.6 is 22.7 Å². The van der Waals surface area contributed by atoms with Gasteiger partial charge >= 0.3 is 0 Å². The lowest BCUT2D eigenvalue weighted by Crippen LogP contribution is -2.13. The van der Waals surface area contributed by atoms with Gasteiger partial charge in [0, 0.05) is 33.0 Å². The molecule has 5 aromatic rings. The van der Waals surface area contributed by atoms with Crippen molar-refractivity contribution >= 4 is 44.4 Å². The molecule has 0 saturated carbocycles. The van der Waals surface area contributed by atoms with Gasteiger partial charge in [-0.2, -0.15) is 10.2 Å². The molecule has 7 rings (SSSR count). The van der Waals surface area contributed by atoms with E-state index in [1.54, 1.807) is 22.7 Å². The molecule has 0 aliphatic heterocycles. The molecule has 2 aliphatic carbocycles. The summed E-state index contributed by atoms with van der Waals surface area (Å²) < 4.78 is 0. The van der Waals surface area contributed by atoms with Crippen LogP contribution in [0, 0.1) is 0 Å². The van der Waals surface area contributed by atoms with Gasteiger partial charge < -0.3 is 0 Å². The SMILES string of the molecule is c1ccc2c(c1)CCC/C2=N\Nc1nc(-c2ccc(-c3csc(N/N=C4\CCCc5ccccc54)n3)cc2)cs1. The fourth-order valence-corrected chi connectivity index (χ4v) is 6.71. The van der Waals surface area contributed by atoms with Crippen molar-refractivity contribution in [2.24, 2.45) is 10.2 Å². The average molecular weight is 561 g/mol. The molecule has 0 unspecified atom stereocenters. The molecule has 40 heavy (non-hydrogen) atoms. The highest BCUT2D eigenvalue weighted by molar-refractivity contribution is 7.14. The molecule has 3 aromatic carbocycles. The summed E-state index contributed by atoms with van der Waals surface area (Å²) in [6.07, 6.45) is 6.47. The number of rotatable bonds is 6. The van der Waals surface area contributed by atoms with Gasteiger partial charge in [-0.05, 0) is 49.7 Å². The second-order valence-corrected chi connectivity index (χ2v) is 11.7. The van der Waals surface area contributed by atoms with Crippen molar-refractivity contribution in [2.45, 2.75) is 38.5 Å². The fraction of sp³-hybridized carbons (Fsp3) is 0.188. The maximum absolute atomic E-state index is 4.77. The van der Waals surface area contributed by atoms with Gasteiger partial charge in [0.2, 0.25) is 10.3 Å². The number of anilines is 2. The standard InChI is InChI=1S/C32H28N6S2/c1-3-11-25-21(7-1)9-5-13-27(25)35-37-31-33-29(19-39-31)23-15-17-24(18-16-23)30-20-40-32(34-30)38-36-28-14-6-10-22-8-2-4-12-26(22)28/h1-4,7-8,11-12,15-20H,5-6,9-10,13-14H2,(H,33,37)(H,34,38)/b35-27+,36-28+. The number of aryl methyl sites for hydroxylation is 2. The van der Waals surface area contributed by atoms with Crippen molar-refractivity contribution in [3.05, 3.63) is 106 Å². The molecule has 0 amide bonds. The minimum Gasteiger partial charge on any atom is -0.252 e. The second kappa shape index (κ2) is 11.2. The number of hydrazone groups is 2. The molecule has 0 fully saturated rings. The van der Waals surface area contributed by atoms with E-state index in [1.807, 2.05) is 0 Å². The van der Waals surface area contributed by atoms with Crippen molar-refractivity contribution < 1.29 is 0 Å². The Bertz CT molecular complexity index is 1590. The third-order valence-corrected chi connectivity index (χ3v) is 8.93. The minimum atomic E-state index is 0.798. The van der Waals surface area contributed by atoms with Crippen LogP contribution in [0.5, 0.6) is 0 Å². The normalized spacial score (nSPS) is 16.5. The highest BCUT2D eigenvalue weighted by Crippen LogP contribution is 2.30. The largest absolute Gasteiger partial charge is 0.252 e. The van der Waals surface area contributed by atoms with E-state index in [4.69, 9.17) is 20.2 Å². The maximum Gasteiger partial charge on any atom is 0.203 e. The Morgan fingerprint density at radius 2 is 1.00 bits per heavy atom. The van der Waals surface area contributed by atoms with Crippen LogP contribution < -0.4 is 10.9 Å². The Labute approximate surface area is 241 Å². The van der Waals surface area contributed by atoms with Crippen LogP contribution in [0.25, 0.3) is 22.5 Å². The van der Waals surface area contributed by atoms with Gasteiger partial charge in [-0.3, -0.25) is 10.9 Å². The molecular formula is C32H28N6S2. The van der Waals surface area contributed by atoms with Gasteiger partial charge in [0.15, 0.2) is 0 Å². The second-order valence-electron chi connectivity index (χ2n) is 10.0. The zero-order valence-electron chi connectivity index (χ0n) is 21.9. The number of hydrogen-bond acceptors (Lipinski definition) is 8. The van der Waals surface area contributed by atoms with E-state index in [0.29, 0.717) is 0 Å². The first-order valence-electron chi connectivity index (χ1n) is 13.6. The van der Waals surface area contributed by atoms with Crippen molar-refractivity contribution in [3.63, 3.8) is 0 Å². The van der Waals surface area contributed by atoms with Gasteiger partial charge in [-0.1, -0.05) is 72.8 Å². The van der Waals surface area contributed by atoms with E-state index in [0.717, 1.165) is 82.7 Å². The Kier molecular flexibility index (Phi) is 6.93. The molecular weight excluding hydrogens is 533 g/mol. The van der Waals surface area contributed by atoms with Crippen LogP contribution in [-0.2, 0) is 12.8 Å². The van der Waals surface area contributed by atoms with Crippen molar-refractivity contribution in [2.75, 3.05) is 10.9 Å². The van der Waals surface area contributed by atoms with Crippen LogP contribution in [-0.4, -0.2) is 21.4 Å². The molecule has 0 saturated heterocycles. The van der Waals surface area contributed by atoms with Crippen LogP contribution in [0.1, 0.15) is 47.9 Å². The molecule has 0 atom stereocenters. The van der Waals surface area contributed by atoms with E-state index in [-0.39, 0.29) is 0 Å². The number of thiazole rings is 2. The first-order chi connectivity index (χ1) is 19.8.